The maximum absolute atomic E-state index is 13.9. The highest BCUT2D eigenvalue weighted by molar-refractivity contribution is 6.24. The number of carbonyl (C=O) groups excluding carboxylic acids is 2. The second-order valence-electron chi connectivity index (χ2n) is 7.11. The summed E-state index contributed by atoms with van der Waals surface area (Å²) >= 11 is 0. The Labute approximate surface area is 174 Å². The highest BCUT2D eigenvalue weighted by Crippen LogP contribution is 2.33. The summed E-state index contributed by atoms with van der Waals surface area (Å²) < 4.78 is 27.0. The molecule has 7 nitrogen and oxygen atoms in total. The number of benzene rings is 2. The van der Waals surface area contributed by atoms with Crippen molar-refractivity contribution in [2.75, 3.05) is 7.05 Å². The van der Waals surface area contributed by atoms with Crippen molar-refractivity contribution in [2.24, 2.45) is 10.9 Å². The molecule has 0 bridgehead atoms. The summed E-state index contributed by atoms with van der Waals surface area (Å²) in [4.78, 5) is 46.0. The van der Waals surface area contributed by atoms with E-state index in [2.05, 4.69) is 9.98 Å². The molecule has 0 saturated heterocycles. The standard InChI is InChI=1S/C22H15F2N3O4/c1-27(10-12-2-4-14(23)7-17(12)24)21(29)13-6-11-3-5-15-19(18(11)25-8-13)26-9-16(20(15)28)22(30)31/h2-9,16H,10H2,1H3,(H,30,31). The molecule has 1 aliphatic heterocycles. The van der Waals surface area contributed by atoms with Gasteiger partial charge in [0, 0.05) is 48.6 Å². The SMILES string of the molecule is CN(Cc1ccc(F)cc1F)C(=O)c1cnc2c3c(ccc2c1)C(=O)C(C(=O)O)C=N3. The number of halogens is 2. The van der Waals surface area contributed by atoms with Crippen LogP contribution in [-0.4, -0.2) is 45.9 Å². The minimum Gasteiger partial charge on any atom is -0.480 e. The number of carboxylic acids is 1. The Bertz CT molecular complexity index is 1290. The first kappa shape index (κ1) is 20.3. The largest absolute Gasteiger partial charge is 0.480 e. The monoisotopic (exact) mass is 423 g/mol. The summed E-state index contributed by atoms with van der Waals surface area (Å²) in [7, 11) is 1.48. The first-order valence-electron chi connectivity index (χ1n) is 9.19. The molecule has 2 heterocycles. The third-order valence-corrected chi connectivity index (χ3v) is 5.01. The van der Waals surface area contributed by atoms with E-state index in [0.29, 0.717) is 10.9 Å². The lowest BCUT2D eigenvalue weighted by Gasteiger charge is -2.19. The molecule has 0 spiro atoms. The third kappa shape index (κ3) is 3.65. The van der Waals surface area contributed by atoms with E-state index in [-0.39, 0.29) is 28.9 Å². The van der Waals surface area contributed by atoms with Crippen molar-refractivity contribution in [3.63, 3.8) is 0 Å². The zero-order valence-electron chi connectivity index (χ0n) is 16.2. The minimum atomic E-state index is -1.34. The molecular weight excluding hydrogens is 408 g/mol. The summed E-state index contributed by atoms with van der Waals surface area (Å²) in [5, 5.41) is 9.65. The number of rotatable bonds is 4. The van der Waals surface area contributed by atoms with Crippen LogP contribution in [0.4, 0.5) is 14.5 Å². The summed E-state index contributed by atoms with van der Waals surface area (Å²) in [6.45, 7) is -0.0669. The summed E-state index contributed by atoms with van der Waals surface area (Å²) in [5.41, 5.74) is 1.15. The molecule has 0 fully saturated rings. The number of nitrogens with zero attached hydrogens (tertiary/aromatic N) is 3. The number of carboxylic acid groups (broad SMARTS) is 1. The van der Waals surface area contributed by atoms with E-state index >= 15 is 0 Å². The molecule has 1 aliphatic rings. The summed E-state index contributed by atoms with van der Waals surface area (Å²) in [5.74, 6) is -5.08. The van der Waals surface area contributed by atoms with Crippen molar-refractivity contribution in [1.82, 2.24) is 9.88 Å². The normalized spacial score (nSPS) is 15.1. The van der Waals surface area contributed by atoms with Crippen LogP contribution in [0, 0.1) is 17.6 Å². The topological polar surface area (TPSA) is 99.9 Å². The fourth-order valence-corrected chi connectivity index (χ4v) is 3.39. The van der Waals surface area contributed by atoms with Crippen molar-refractivity contribution < 1.29 is 28.3 Å². The number of Topliss-reactive ketones (excluding diaryl/α,β-unsaturated/α-hetero) is 1. The van der Waals surface area contributed by atoms with Crippen LogP contribution >= 0.6 is 0 Å². The van der Waals surface area contributed by atoms with Crippen LogP contribution < -0.4 is 0 Å². The fourth-order valence-electron chi connectivity index (χ4n) is 3.39. The van der Waals surface area contributed by atoms with E-state index in [1.165, 1.54) is 30.3 Å². The Balaban J connectivity index is 1.63. The van der Waals surface area contributed by atoms with E-state index in [9.17, 15) is 23.2 Å². The van der Waals surface area contributed by atoms with Crippen LogP contribution in [0.2, 0.25) is 0 Å². The average molecular weight is 423 g/mol. The van der Waals surface area contributed by atoms with E-state index in [1.807, 2.05) is 0 Å². The Hall–Kier alpha value is -4.01. The number of ketones is 1. The Kier molecular flexibility index (Phi) is 5.02. The van der Waals surface area contributed by atoms with Gasteiger partial charge in [0.15, 0.2) is 11.7 Å². The predicted octanol–water partition coefficient (Wildman–Crippen LogP) is 3.38. The van der Waals surface area contributed by atoms with E-state index in [0.717, 1.165) is 18.3 Å². The van der Waals surface area contributed by atoms with Gasteiger partial charge in [-0.05, 0) is 18.2 Å². The highest BCUT2D eigenvalue weighted by Gasteiger charge is 2.31. The zero-order chi connectivity index (χ0) is 22.3. The van der Waals surface area contributed by atoms with Crippen LogP contribution in [0.25, 0.3) is 10.9 Å². The predicted molar refractivity (Wildman–Crippen MR) is 108 cm³/mol. The van der Waals surface area contributed by atoms with Gasteiger partial charge in [0.25, 0.3) is 5.91 Å². The quantitative estimate of drug-likeness (QED) is 0.649. The maximum atomic E-state index is 13.9. The molecule has 0 radical (unpaired) electrons. The highest BCUT2D eigenvalue weighted by atomic mass is 19.1. The van der Waals surface area contributed by atoms with Crippen molar-refractivity contribution >= 4 is 40.5 Å². The number of aliphatic imine (C=N–C) groups is 1. The first-order chi connectivity index (χ1) is 14.8. The maximum Gasteiger partial charge on any atom is 0.319 e. The van der Waals surface area contributed by atoms with Crippen molar-refractivity contribution in [3.05, 3.63) is 70.9 Å². The van der Waals surface area contributed by atoms with Gasteiger partial charge in [0.2, 0.25) is 0 Å². The zero-order valence-corrected chi connectivity index (χ0v) is 16.2. The van der Waals surface area contributed by atoms with Gasteiger partial charge in [-0.1, -0.05) is 12.1 Å². The van der Waals surface area contributed by atoms with Gasteiger partial charge in [0.1, 0.15) is 11.6 Å². The average Bonchev–Trinajstić information content (AvgIpc) is 2.74. The molecule has 31 heavy (non-hydrogen) atoms. The van der Waals surface area contributed by atoms with Gasteiger partial charge in [-0.3, -0.25) is 24.4 Å². The summed E-state index contributed by atoms with van der Waals surface area (Å²) in [6.07, 6.45) is 2.38. The first-order valence-corrected chi connectivity index (χ1v) is 9.19. The van der Waals surface area contributed by atoms with Crippen LogP contribution in [0.15, 0.2) is 47.6 Å². The molecular formula is C22H15F2N3O4. The number of carbonyl (C=O) groups is 3. The van der Waals surface area contributed by atoms with Crippen LogP contribution in [0.1, 0.15) is 26.3 Å². The molecule has 3 aromatic rings. The Morgan fingerprint density at radius 3 is 2.65 bits per heavy atom. The Morgan fingerprint density at radius 1 is 1.16 bits per heavy atom. The number of hydrogen-bond acceptors (Lipinski definition) is 5. The lowest BCUT2D eigenvalue weighted by molar-refractivity contribution is -0.137. The molecule has 1 N–H and O–H groups in total. The van der Waals surface area contributed by atoms with E-state index < -0.39 is 35.2 Å². The third-order valence-electron chi connectivity index (χ3n) is 5.01. The van der Waals surface area contributed by atoms with Crippen molar-refractivity contribution in [2.45, 2.75) is 6.54 Å². The Morgan fingerprint density at radius 2 is 1.94 bits per heavy atom. The molecule has 0 saturated carbocycles. The molecule has 0 aliphatic carbocycles. The second kappa shape index (κ2) is 7.67. The van der Waals surface area contributed by atoms with Crippen molar-refractivity contribution in [1.29, 1.82) is 0 Å². The fraction of sp³-hybridized carbons (Fsp3) is 0.136. The van der Waals surface area contributed by atoms with Crippen molar-refractivity contribution in [3.8, 4) is 0 Å². The lowest BCUT2D eigenvalue weighted by Crippen LogP contribution is -2.27. The van der Waals surface area contributed by atoms with Gasteiger partial charge in [0.05, 0.1) is 16.8 Å². The van der Waals surface area contributed by atoms with E-state index in [4.69, 9.17) is 5.11 Å². The minimum absolute atomic E-state index is 0.0669. The molecule has 1 unspecified atom stereocenters. The van der Waals surface area contributed by atoms with Crippen LogP contribution in [-0.2, 0) is 11.3 Å². The smallest absolute Gasteiger partial charge is 0.319 e. The molecule has 1 amide bonds. The van der Waals surface area contributed by atoms with E-state index in [1.54, 1.807) is 12.1 Å². The van der Waals surface area contributed by atoms with Gasteiger partial charge in [-0.15, -0.1) is 0 Å². The summed E-state index contributed by atoms with van der Waals surface area (Å²) in [6, 6.07) is 7.74. The van der Waals surface area contributed by atoms with Gasteiger partial charge < -0.3 is 10.0 Å². The number of aromatic nitrogens is 1. The number of amides is 1. The van der Waals surface area contributed by atoms with Gasteiger partial charge in [-0.25, -0.2) is 8.78 Å². The number of pyridine rings is 1. The number of aliphatic carboxylic acids is 1. The van der Waals surface area contributed by atoms with Gasteiger partial charge >= 0.3 is 5.97 Å². The van der Waals surface area contributed by atoms with Crippen LogP contribution in [0.5, 0.6) is 0 Å². The van der Waals surface area contributed by atoms with Gasteiger partial charge in [-0.2, -0.15) is 0 Å². The molecule has 156 valence electrons. The van der Waals surface area contributed by atoms with Crippen LogP contribution in [0.3, 0.4) is 0 Å². The second-order valence-corrected chi connectivity index (χ2v) is 7.11. The number of hydrogen-bond donors (Lipinski definition) is 1. The number of fused-ring (bicyclic) bond motifs is 3. The molecule has 4 rings (SSSR count). The molecule has 1 aromatic heterocycles. The molecule has 1 atom stereocenters. The molecule has 2 aromatic carbocycles. The molecule has 9 heteroatoms. The lowest BCUT2D eigenvalue weighted by atomic mass is 9.93.